The van der Waals surface area contributed by atoms with Crippen LogP contribution in [0.2, 0.25) is 0 Å². The predicted octanol–water partition coefficient (Wildman–Crippen LogP) is -0.329. The van der Waals surface area contributed by atoms with Gasteiger partial charge in [0, 0.05) is 13.1 Å². The molecule has 2 aliphatic rings. The third kappa shape index (κ3) is 3.21. The molecule has 2 saturated heterocycles. The Hall–Kier alpha value is -1.14. The second-order valence-electron chi connectivity index (χ2n) is 6.57. The van der Waals surface area contributed by atoms with E-state index in [0.29, 0.717) is 0 Å². The van der Waals surface area contributed by atoms with Crippen LogP contribution < -0.4 is 5.32 Å². The summed E-state index contributed by atoms with van der Waals surface area (Å²) in [5.41, 5.74) is 0. The molecule has 0 spiro atoms. The first-order chi connectivity index (χ1) is 9.82. The Kier molecular flexibility index (Phi) is 4.88. The summed E-state index contributed by atoms with van der Waals surface area (Å²) in [6.07, 6.45) is 1.26. The van der Waals surface area contributed by atoms with Crippen molar-refractivity contribution in [3.8, 4) is 0 Å². The minimum absolute atomic E-state index is 0.0557. The number of aliphatic hydroxyl groups excluding tert-OH is 1. The van der Waals surface area contributed by atoms with Gasteiger partial charge >= 0.3 is 0 Å². The normalized spacial score (nSPS) is 30.2. The summed E-state index contributed by atoms with van der Waals surface area (Å²) in [4.78, 5) is 28.2. The van der Waals surface area contributed by atoms with Gasteiger partial charge < -0.3 is 20.2 Å². The average Bonchev–Trinajstić information content (AvgIpc) is 2.42. The number of amides is 2. The van der Waals surface area contributed by atoms with Crippen LogP contribution in [0.5, 0.6) is 0 Å². The third-order valence-electron chi connectivity index (χ3n) is 5.03. The highest BCUT2D eigenvalue weighted by molar-refractivity contribution is 5.90. The first-order valence-corrected chi connectivity index (χ1v) is 7.76. The zero-order valence-electron chi connectivity index (χ0n) is 13.4. The fourth-order valence-electron chi connectivity index (χ4n) is 3.41. The molecule has 0 saturated carbocycles. The highest BCUT2D eigenvalue weighted by Gasteiger charge is 2.48. The van der Waals surface area contributed by atoms with Gasteiger partial charge in [-0.3, -0.25) is 9.59 Å². The molecule has 6 heteroatoms. The molecule has 2 aliphatic heterocycles. The Bertz CT molecular complexity index is 405. The molecular formula is C15H27N3O3. The lowest BCUT2D eigenvalue weighted by atomic mass is 9.78. The van der Waals surface area contributed by atoms with Crippen LogP contribution >= 0.6 is 0 Å². The number of rotatable bonds is 4. The number of likely N-dealkylation sites (tertiary alicyclic amines) is 1. The molecule has 1 unspecified atom stereocenters. The topological polar surface area (TPSA) is 72.9 Å². The summed E-state index contributed by atoms with van der Waals surface area (Å²) in [5.74, 6) is -0.862. The van der Waals surface area contributed by atoms with Crippen LogP contribution in [0.15, 0.2) is 0 Å². The van der Waals surface area contributed by atoms with E-state index < -0.39 is 12.0 Å². The van der Waals surface area contributed by atoms with Crippen LogP contribution in [-0.4, -0.2) is 72.1 Å². The van der Waals surface area contributed by atoms with E-state index in [0.717, 1.165) is 25.9 Å². The molecule has 0 aromatic rings. The first-order valence-electron chi connectivity index (χ1n) is 7.76. The SMILES string of the molecule is CC(C(=O)N(C)C1CCN(C)CC1)[C@H]1NC(=O)[C@@H]1[C@@H](C)O. The first kappa shape index (κ1) is 16.2. The number of carbonyl (C=O) groups excluding carboxylic acids is 2. The van der Waals surface area contributed by atoms with Gasteiger partial charge in [0.25, 0.3) is 0 Å². The van der Waals surface area contributed by atoms with Gasteiger partial charge in [-0.05, 0) is 39.9 Å². The Morgan fingerprint density at radius 2 is 1.95 bits per heavy atom. The highest BCUT2D eigenvalue weighted by Crippen LogP contribution is 2.27. The van der Waals surface area contributed by atoms with E-state index >= 15 is 0 Å². The van der Waals surface area contributed by atoms with Gasteiger partial charge in [0.15, 0.2) is 0 Å². The van der Waals surface area contributed by atoms with E-state index in [1.165, 1.54) is 0 Å². The highest BCUT2D eigenvalue weighted by atomic mass is 16.3. The standard InChI is InChI=1S/C15H27N3O3/c1-9(13-12(10(2)19)14(20)16-13)15(21)18(4)11-5-7-17(3)8-6-11/h9-13,19H,5-8H2,1-4H3,(H,16,20)/t9?,10-,12-,13-/m1/s1. The number of β-lactam (4-membered cyclic amide) rings is 1. The number of hydrogen-bond donors (Lipinski definition) is 2. The summed E-state index contributed by atoms with van der Waals surface area (Å²) < 4.78 is 0. The van der Waals surface area contributed by atoms with Crippen molar-refractivity contribution in [2.75, 3.05) is 27.2 Å². The average molecular weight is 297 g/mol. The second kappa shape index (κ2) is 6.32. The minimum Gasteiger partial charge on any atom is -0.393 e. The van der Waals surface area contributed by atoms with Crippen LogP contribution in [-0.2, 0) is 9.59 Å². The van der Waals surface area contributed by atoms with Gasteiger partial charge in [0.05, 0.1) is 24.0 Å². The van der Waals surface area contributed by atoms with Crippen molar-refractivity contribution in [1.82, 2.24) is 15.1 Å². The summed E-state index contributed by atoms with van der Waals surface area (Å²) in [6.45, 7) is 5.46. The van der Waals surface area contributed by atoms with E-state index in [1.54, 1.807) is 6.92 Å². The molecule has 2 fully saturated rings. The van der Waals surface area contributed by atoms with Gasteiger partial charge in [0.2, 0.25) is 11.8 Å². The number of nitrogens with one attached hydrogen (secondary N) is 1. The van der Waals surface area contributed by atoms with Crippen molar-refractivity contribution in [3.05, 3.63) is 0 Å². The predicted molar refractivity (Wildman–Crippen MR) is 79.6 cm³/mol. The van der Waals surface area contributed by atoms with Crippen molar-refractivity contribution in [3.63, 3.8) is 0 Å². The Morgan fingerprint density at radius 1 is 1.38 bits per heavy atom. The van der Waals surface area contributed by atoms with E-state index in [-0.39, 0.29) is 29.8 Å². The van der Waals surface area contributed by atoms with Crippen LogP contribution in [0.3, 0.4) is 0 Å². The Morgan fingerprint density at radius 3 is 2.43 bits per heavy atom. The molecule has 2 N–H and O–H groups in total. The number of nitrogens with zero attached hydrogens (tertiary/aromatic N) is 2. The quantitative estimate of drug-likeness (QED) is 0.697. The molecule has 2 rings (SSSR count). The zero-order chi connectivity index (χ0) is 15.7. The number of aliphatic hydroxyl groups is 1. The minimum atomic E-state index is -0.715. The lowest BCUT2D eigenvalue weighted by Gasteiger charge is -2.43. The van der Waals surface area contributed by atoms with Crippen molar-refractivity contribution < 1.29 is 14.7 Å². The largest absolute Gasteiger partial charge is 0.393 e. The molecule has 4 atom stereocenters. The van der Waals surface area contributed by atoms with Crippen LogP contribution in [0.1, 0.15) is 26.7 Å². The van der Waals surface area contributed by atoms with Gasteiger partial charge in [0.1, 0.15) is 0 Å². The Labute approximate surface area is 126 Å². The summed E-state index contributed by atoms with van der Waals surface area (Å²) in [7, 11) is 3.95. The summed E-state index contributed by atoms with van der Waals surface area (Å²) in [5, 5.41) is 12.4. The fraction of sp³-hybridized carbons (Fsp3) is 0.867. The molecule has 0 bridgehead atoms. The lowest BCUT2D eigenvalue weighted by molar-refractivity contribution is -0.149. The number of carbonyl (C=O) groups is 2. The molecule has 0 aliphatic carbocycles. The van der Waals surface area contributed by atoms with E-state index in [4.69, 9.17) is 0 Å². The molecule has 0 aromatic carbocycles. The lowest BCUT2D eigenvalue weighted by Crippen LogP contribution is -2.66. The number of hydrogen-bond acceptors (Lipinski definition) is 4. The smallest absolute Gasteiger partial charge is 0.228 e. The van der Waals surface area contributed by atoms with Crippen molar-refractivity contribution >= 4 is 11.8 Å². The molecular weight excluding hydrogens is 270 g/mol. The summed E-state index contributed by atoms with van der Waals surface area (Å²) >= 11 is 0. The van der Waals surface area contributed by atoms with Crippen LogP contribution in [0.25, 0.3) is 0 Å². The number of piperidine rings is 1. The van der Waals surface area contributed by atoms with E-state index in [9.17, 15) is 14.7 Å². The maximum absolute atomic E-state index is 12.6. The maximum Gasteiger partial charge on any atom is 0.228 e. The third-order valence-corrected chi connectivity index (χ3v) is 5.03. The molecule has 0 aromatic heterocycles. The monoisotopic (exact) mass is 297 g/mol. The van der Waals surface area contributed by atoms with Gasteiger partial charge in [-0.15, -0.1) is 0 Å². The van der Waals surface area contributed by atoms with Crippen molar-refractivity contribution in [2.45, 2.75) is 44.9 Å². The van der Waals surface area contributed by atoms with E-state index in [2.05, 4.69) is 17.3 Å². The van der Waals surface area contributed by atoms with Crippen LogP contribution in [0, 0.1) is 11.8 Å². The second-order valence-corrected chi connectivity index (χ2v) is 6.57. The fourth-order valence-corrected chi connectivity index (χ4v) is 3.41. The summed E-state index contributed by atoms with van der Waals surface area (Å²) in [6, 6.07) is 0.0237. The van der Waals surface area contributed by atoms with Gasteiger partial charge in [-0.1, -0.05) is 6.92 Å². The molecule has 2 heterocycles. The van der Waals surface area contributed by atoms with Gasteiger partial charge in [-0.2, -0.15) is 0 Å². The molecule has 6 nitrogen and oxygen atoms in total. The van der Waals surface area contributed by atoms with Crippen LogP contribution in [0.4, 0.5) is 0 Å². The molecule has 2 amide bonds. The molecule has 0 radical (unpaired) electrons. The van der Waals surface area contributed by atoms with Crippen molar-refractivity contribution in [2.24, 2.45) is 11.8 Å². The van der Waals surface area contributed by atoms with E-state index in [1.807, 2.05) is 18.9 Å². The maximum atomic E-state index is 12.6. The zero-order valence-corrected chi connectivity index (χ0v) is 13.4. The molecule has 21 heavy (non-hydrogen) atoms. The molecule has 120 valence electrons. The Balaban J connectivity index is 1.94. The van der Waals surface area contributed by atoms with Crippen molar-refractivity contribution in [1.29, 1.82) is 0 Å². The van der Waals surface area contributed by atoms with Gasteiger partial charge in [-0.25, -0.2) is 0 Å².